The molecule has 42 heavy (non-hydrogen) atoms. The van der Waals surface area contributed by atoms with Crippen LogP contribution in [0.3, 0.4) is 0 Å². The number of imidazole rings is 1. The number of alkyl halides is 4. The number of methoxy groups -OCH3 is 2. The number of nitrogens with zero attached hydrogens (tertiary/aromatic N) is 3. The third kappa shape index (κ3) is 7.78. The number of halogens is 4. The highest BCUT2D eigenvalue weighted by Crippen LogP contribution is 2.39. The van der Waals surface area contributed by atoms with Gasteiger partial charge in [-0.25, -0.2) is 9.37 Å². The summed E-state index contributed by atoms with van der Waals surface area (Å²) in [4.78, 5) is 18.4. The quantitative estimate of drug-likeness (QED) is 0.179. The summed E-state index contributed by atoms with van der Waals surface area (Å²) in [6.45, 7) is 2.06. The Kier molecular flexibility index (Phi) is 10.4. The molecule has 1 fully saturated rings. The zero-order chi connectivity index (χ0) is 30.3. The highest BCUT2D eigenvalue weighted by molar-refractivity contribution is 8.00. The fourth-order valence-corrected chi connectivity index (χ4v) is 5.26. The van der Waals surface area contributed by atoms with Gasteiger partial charge in [0, 0.05) is 57.3 Å². The van der Waals surface area contributed by atoms with Gasteiger partial charge in [-0.1, -0.05) is 5.92 Å². The van der Waals surface area contributed by atoms with Crippen molar-refractivity contribution in [2.24, 2.45) is 0 Å². The van der Waals surface area contributed by atoms with E-state index in [1.54, 1.807) is 37.4 Å². The van der Waals surface area contributed by atoms with Gasteiger partial charge >= 0.3 is 5.51 Å². The van der Waals surface area contributed by atoms with E-state index in [4.69, 9.17) is 9.47 Å². The minimum atomic E-state index is -4.58. The number of amides is 1. The second-order valence-electron chi connectivity index (χ2n) is 9.43. The van der Waals surface area contributed by atoms with Gasteiger partial charge in [0.1, 0.15) is 22.6 Å². The molecule has 0 unspecified atom stereocenters. The summed E-state index contributed by atoms with van der Waals surface area (Å²) >= 11 is -0.312. The Morgan fingerprint density at radius 2 is 2.05 bits per heavy atom. The minimum absolute atomic E-state index is 0.0356. The first kappa shape index (κ1) is 31.3. The maximum absolute atomic E-state index is 15.0. The van der Waals surface area contributed by atoms with Crippen LogP contribution in [-0.4, -0.2) is 92.0 Å². The zero-order valence-electron chi connectivity index (χ0n) is 23.3. The number of likely N-dealkylation sites (tertiary alicyclic amines) is 1. The molecular weight excluding hydrogens is 576 g/mol. The van der Waals surface area contributed by atoms with E-state index in [-0.39, 0.29) is 47.1 Å². The number of benzene rings is 1. The van der Waals surface area contributed by atoms with Crippen molar-refractivity contribution in [1.82, 2.24) is 19.6 Å². The van der Waals surface area contributed by atoms with Crippen molar-refractivity contribution in [3.8, 4) is 17.6 Å². The van der Waals surface area contributed by atoms with Gasteiger partial charge in [0.05, 0.1) is 37.7 Å². The molecule has 1 amide bonds. The van der Waals surface area contributed by atoms with E-state index < -0.39 is 17.7 Å². The second kappa shape index (κ2) is 14.0. The number of anilines is 2. The van der Waals surface area contributed by atoms with Gasteiger partial charge in [-0.05, 0) is 42.7 Å². The lowest BCUT2D eigenvalue weighted by Crippen LogP contribution is -2.48. The number of carbonyl (C=O) groups is 1. The first-order valence-electron chi connectivity index (χ1n) is 13.1. The number of carbonyl (C=O) groups excluding carboxylic acids is 1. The van der Waals surface area contributed by atoms with Crippen LogP contribution >= 0.6 is 11.8 Å². The molecule has 1 saturated heterocycles. The van der Waals surface area contributed by atoms with Gasteiger partial charge in [0.2, 0.25) is 0 Å². The van der Waals surface area contributed by atoms with Crippen molar-refractivity contribution in [3.63, 3.8) is 0 Å². The summed E-state index contributed by atoms with van der Waals surface area (Å²) in [6.07, 6.45) is 0.805. The van der Waals surface area contributed by atoms with E-state index in [1.807, 2.05) is 4.90 Å². The molecule has 1 aliphatic rings. The number of aromatic nitrogens is 2. The summed E-state index contributed by atoms with van der Waals surface area (Å²) in [6, 6.07) is 7.55. The summed E-state index contributed by atoms with van der Waals surface area (Å²) in [5.74, 6) is 5.73. The summed E-state index contributed by atoms with van der Waals surface area (Å²) < 4.78 is 67.3. The zero-order valence-corrected chi connectivity index (χ0v) is 24.2. The molecule has 9 nitrogen and oxygen atoms in total. The number of nitrogens with one attached hydrogen (secondary N) is 3. The summed E-state index contributed by atoms with van der Waals surface area (Å²) in [5.41, 5.74) is -3.12. The molecule has 14 heteroatoms. The van der Waals surface area contributed by atoms with Crippen molar-refractivity contribution < 1.29 is 31.8 Å². The SMILES string of the molecule is CNC(=O)c1ccc(OC)c(NCC#Cc2nc3c(N[C@@H]4CCN(CCOC)C[C@@H]4F)cccn3c2SC(F)(F)F)c1. The van der Waals surface area contributed by atoms with Gasteiger partial charge in [-0.2, -0.15) is 13.2 Å². The smallest absolute Gasteiger partial charge is 0.447 e. The molecule has 0 aliphatic carbocycles. The lowest BCUT2D eigenvalue weighted by atomic mass is 10.0. The Morgan fingerprint density at radius 1 is 1.24 bits per heavy atom. The van der Waals surface area contributed by atoms with E-state index in [1.165, 1.54) is 24.8 Å². The molecule has 0 spiro atoms. The van der Waals surface area contributed by atoms with Gasteiger partial charge in [-0.15, -0.1) is 0 Å². The maximum Gasteiger partial charge on any atom is 0.447 e. The Labute approximate surface area is 245 Å². The molecule has 3 heterocycles. The third-order valence-electron chi connectivity index (χ3n) is 6.66. The molecule has 0 saturated carbocycles. The second-order valence-corrected chi connectivity index (χ2v) is 10.5. The number of pyridine rings is 1. The Bertz CT molecular complexity index is 1460. The number of piperidine rings is 1. The van der Waals surface area contributed by atoms with Crippen molar-refractivity contribution in [1.29, 1.82) is 0 Å². The molecule has 0 radical (unpaired) electrons. The lowest BCUT2D eigenvalue weighted by Gasteiger charge is -2.35. The Hall–Kier alpha value is -3.67. The number of thioether (sulfide) groups is 1. The number of hydrogen-bond donors (Lipinski definition) is 3. The molecule has 2 aromatic heterocycles. The number of rotatable bonds is 10. The van der Waals surface area contributed by atoms with E-state index in [2.05, 4.69) is 32.8 Å². The standard InChI is InChI=1S/C28H32F4N6O3S/c1-33-26(39)18-8-9-24(41-3)23(16-18)34-11-4-6-22-27(42-28(30,31)32)38-12-5-7-21(25(38)36-22)35-20-10-13-37(14-15-40-2)17-19(20)29/h5,7-9,12,16,19-20,34-35H,10-11,13-15,17H2,1-3H3,(H,33,39)/t19-,20+/m0/s1. The summed E-state index contributed by atoms with van der Waals surface area (Å²) in [5, 5.41) is 8.54. The largest absolute Gasteiger partial charge is 0.495 e. The monoisotopic (exact) mass is 608 g/mol. The van der Waals surface area contributed by atoms with Crippen LogP contribution in [0.25, 0.3) is 5.65 Å². The van der Waals surface area contributed by atoms with Crippen LogP contribution in [0.4, 0.5) is 28.9 Å². The van der Waals surface area contributed by atoms with E-state index in [9.17, 15) is 18.0 Å². The van der Waals surface area contributed by atoms with Gasteiger partial charge in [0.25, 0.3) is 5.91 Å². The van der Waals surface area contributed by atoms with Gasteiger partial charge in [0.15, 0.2) is 5.65 Å². The van der Waals surface area contributed by atoms with Crippen LogP contribution in [0.2, 0.25) is 0 Å². The van der Waals surface area contributed by atoms with E-state index in [0.29, 0.717) is 48.8 Å². The number of fused-ring (bicyclic) bond motifs is 1. The van der Waals surface area contributed by atoms with Crippen molar-refractivity contribution in [2.45, 2.75) is 29.2 Å². The first-order chi connectivity index (χ1) is 20.1. The highest BCUT2D eigenvalue weighted by Gasteiger charge is 2.34. The van der Waals surface area contributed by atoms with Crippen LogP contribution in [0.15, 0.2) is 41.6 Å². The Morgan fingerprint density at radius 3 is 2.74 bits per heavy atom. The van der Waals surface area contributed by atoms with Crippen LogP contribution in [0.5, 0.6) is 5.75 Å². The molecular formula is C28H32F4N6O3S. The minimum Gasteiger partial charge on any atom is -0.495 e. The highest BCUT2D eigenvalue weighted by atomic mass is 32.2. The molecule has 3 aromatic rings. The molecule has 0 bridgehead atoms. The molecule has 1 aromatic carbocycles. The first-order valence-corrected chi connectivity index (χ1v) is 14.0. The van der Waals surface area contributed by atoms with Gasteiger partial charge < -0.3 is 25.4 Å². The van der Waals surface area contributed by atoms with Crippen LogP contribution in [0, 0.1) is 11.8 Å². The molecule has 1 aliphatic heterocycles. The van der Waals surface area contributed by atoms with E-state index in [0.717, 1.165) is 0 Å². The normalized spacial score (nSPS) is 17.4. The fraction of sp³-hybridized carbons (Fsp3) is 0.429. The van der Waals surface area contributed by atoms with Gasteiger partial charge in [-0.3, -0.25) is 14.1 Å². The third-order valence-corrected chi connectivity index (χ3v) is 7.47. The molecule has 4 rings (SSSR count). The topological polar surface area (TPSA) is 92.2 Å². The maximum atomic E-state index is 15.0. The molecule has 2 atom stereocenters. The molecule has 3 N–H and O–H groups in total. The Balaban J connectivity index is 1.57. The fourth-order valence-electron chi connectivity index (χ4n) is 4.60. The van der Waals surface area contributed by atoms with Crippen molar-refractivity contribution >= 4 is 34.7 Å². The van der Waals surface area contributed by atoms with Crippen LogP contribution < -0.4 is 20.7 Å². The van der Waals surface area contributed by atoms with E-state index >= 15 is 4.39 Å². The van der Waals surface area contributed by atoms with Crippen molar-refractivity contribution in [3.05, 3.63) is 47.8 Å². The van der Waals surface area contributed by atoms with Crippen LogP contribution in [-0.2, 0) is 4.74 Å². The average Bonchev–Trinajstić information content (AvgIpc) is 3.31. The average molecular weight is 609 g/mol. The molecule has 226 valence electrons. The number of hydrogen-bond acceptors (Lipinski definition) is 8. The van der Waals surface area contributed by atoms with Crippen LogP contribution in [0.1, 0.15) is 22.5 Å². The van der Waals surface area contributed by atoms with Crippen molar-refractivity contribution in [2.75, 3.05) is 64.7 Å². The predicted molar refractivity (Wildman–Crippen MR) is 154 cm³/mol. The predicted octanol–water partition coefficient (Wildman–Crippen LogP) is 4.25. The summed E-state index contributed by atoms with van der Waals surface area (Å²) in [7, 11) is 4.59. The lowest BCUT2D eigenvalue weighted by molar-refractivity contribution is -0.0330. The number of ether oxygens (including phenoxy) is 2.